The number of benzene rings is 2. The molecule has 1 aliphatic rings. The van der Waals surface area contributed by atoms with Crippen molar-refractivity contribution in [3.8, 4) is 5.75 Å². The highest BCUT2D eigenvalue weighted by molar-refractivity contribution is 5.82. The van der Waals surface area contributed by atoms with Crippen LogP contribution in [-0.2, 0) is 4.79 Å². The van der Waals surface area contributed by atoms with Crippen molar-refractivity contribution < 1.29 is 9.53 Å². The molecule has 1 aliphatic heterocycles. The van der Waals surface area contributed by atoms with Gasteiger partial charge in [0.1, 0.15) is 5.75 Å². The molecule has 0 aromatic heterocycles. The van der Waals surface area contributed by atoms with Gasteiger partial charge in [-0.15, -0.1) is 0 Å². The number of anilines is 2. The van der Waals surface area contributed by atoms with Crippen molar-refractivity contribution in [1.82, 2.24) is 4.90 Å². The highest BCUT2D eigenvalue weighted by atomic mass is 16.5. The molecular weight excluding hydrogens is 350 g/mol. The predicted octanol–water partition coefficient (Wildman–Crippen LogP) is 3.89. The molecule has 1 saturated heterocycles. The van der Waals surface area contributed by atoms with Gasteiger partial charge in [-0.1, -0.05) is 44.2 Å². The number of piperazine rings is 1. The Morgan fingerprint density at radius 2 is 1.79 bits per heavy atom. The van der Waals surface area contributed by atoms with E-state index in [1.165, 1.54) is 11.1 Å². The minimum atomic E-state index is 0.151. The fraction of sp³-hybridized carbons (Fsp3) is 0.435. The Kier molecular flexibility index (Phi) is 6.45. The van der Waals surface area contributed by atoms with Gasteiger partial charge >= 0.3 is 0 Å². The zero-order valence-electron chi connectivity index (χ0n) is 17.4. The van der Waals surface area contributed by atoms with E-state index >= 15 is 0 Å². The van der Waals surface area contributed by atoms with Crippen LogP contribution >= 0.6 is 0 Å². The third kappa shape index (κ3) is 4.41. The fourth-order valence-electron chi connectivity index (χ4n) is 3.78. The maximum atomic E-state index is 12.8. The van der Waals surface area contributed by atoms with Gasteiger partial charge in [-0.25, -0.2) is 0 Å². The minimum Gasteiger partial charge on any atom is -0.495 e. The summed E-state index contributed by atoms with van der Waals surface area (Å²) in [5.41, 5.74) is 4.63. The lowest BCUT2D eigenvalue weighted by Crippen LogP contribution is -2.50. The molecular formula is C23H31N3O2. The number of aryl methyl sites for hydroxylation is 1. The second-order valence-electron chi connectivity index (χ2n) is 7.59. The van der Waals surface area contributed by atoms with Crippen LogP contribution in [0.25, 0.3) is 0 Å². The van der Waals surface area contributed by atoms with Gasteiger partial charge in [0.2, 0.25) is 5.91 Å². The van der Waals surface area contributed by atoms with Crippen LogP contribution in [0.15, 0.2) is 42.5 Å². The maximum Gasteiger partial charge on any atom is 0.241 e. The van der Waals surface area contributed by atoms with Gasteiger partial charge in [0.15, 0.2) is 0 Å². The van der Waals surface area contributed by atoms with Gasteiger partial charge in [0.05, 0.1) is 19.3 Å². The molecule has 1 heterocycles. The zero-order chi connectivity index (χ0) is 20.1. The van der Waals surface area contributed by atoms with Crippen LogP contribution in [0.4, 0.5) is 11.4 Å². The molecule has 3 rings (SSSR count). The summed E-state index contributed by atoms with van der Waals surface area (Å²) in [5, 5.41) is 3.40. The number of amides is 1. The first-order valence-electron chi connectivity index (χ1n) is 10.0. The highest BCUT2D eigenvalue weighted by Gasteiger charge is 2.23. The number of methoxy groups -OCH3 is 1. The number of rotatable bonds is 6. The van der Waals surface area contributed by atoms with Crippen LogP contribution in [0.3, 0.4) is 0 Å². The van der Waals surface area contributed by atoms with Gasteiger partial charge in [-0.05, 0) is 36.1 Å². The van der Waals surface area contributed by atoms with Crippen molar-refractivity contribution in [3.63, 3.8) is 0 Å². The molecule has 0 saturated carbocycles. The molecule has 0 aliphatic carbocycles. The van der Waals surface area contributed by atoms with E-state index in [9.17, 15) is 4.79 Å². The van der Waals surface area contributed by atoms with E-state index in [0.29, 0.717) is 12.5 Å². The molecule has 1 amide bonds. The number of carbonyl (C=O) groups is 1. The van der Waals surface area contributed by atoms with E-state index in [1.54, 1.807) is 7.11 Å². The van der Waals surface area contributed by atoms with Crippen molar-refractivity contribution in [2.75, 3.05) is 50.1 Å². The second-order valence-corrected chi connectivity index (χ2v) is 7.59. The highest BCUT2D eigenvalue weighted by Crippen LogP contribution is 2.29. The number of nitrogens with zero attached hydrogens (tertiary/aromatic N) is 2. The van der Waals surface area contributed by atoms with Crippen LogP contribution in [0.1, 0.15) is 30.9 Å². The summed E-state index contributed by atoms with van der Waals surface area (Å²) in [6, 6.07) is 14.4. The number of nitrogens with one attached hydrogen (secondary N) is 1. The smallest absolute Gasteiger partial charge is 0.241 e. The van der Waals surface area contributed by atoms with Crippen LogP contribution in [-0.4, -0.2) is 50.6 Å². The van der Waals surface area contributed by atoms with Crippen LogP contribution in [0.5, 0.6) is 5.75 Å². The summed E-state index contributed by atoms with van der Waals surface area (Å²) in [6.45, 7) is 9.86. The van der Waals surface area contributed by atoms with Crippen molar-refractivity contribution >= 4 is 17.3 Å². The molecule has 1 fully saturated rings. The Hall–Kier alpha value is -2.69. The molecule has 0 bridgehead atoms. The van der Waals surface area contributed by atoms with Crippen LogP contribution in [0.2, 0.25) is 0 Å². The largest absolute Gasteiger partial charge is 0.495 e. The van der Waals surface area contributed by atoms with Gasteiger partial charge in [0.25, 0.3) is 0 Å². The first-order valence-corrected chi connectivity index (χ1v) is 10.0. The lowest BCUT2D eigenvalue weighted by atomic mass is 9.98. The fourth-order valence-corrected chi connectivity index (χ4v) is 3.78. The average molecular weight is 382 g/mol. The SMILES string of the molecule is COc1ccccc1N1CCN(C(=O)CNc2c(C)cccc2C(C)C)CC1. The Bertz CT molecular complexity index is 811. The number of ether oxygens (including phenoxy) is 1. The number of carbonyl (C=O) groups excluding carboxylic acids is 1. The van der Waals surface area contributed by atoms with Gasteiger partial charge in [-0.3, -0.25) is 4.79 Å². The number of para-hydroxylation sites is 3. The predicted molar refractivity (Wildman–Crippen MR) is 116 cm³/mol. The van der Waals surface area contributed by atoms with E-state index in [2.05, 4.69) is 55.3 Å². The monoisotopic (exact) mass is 381 g/mol. The topological polar surface area (TPSA) is 44.8 Å². The van der Waals surface area contributed by atoms with E-state index < -0.39 is 0 Å². The third-order valence-corrected chi connectivity index (χ3v) is 5.40. The normalized spacial score (nSPS) is 14.3. The minimum absolute atomic E-state index is 0.151. The Balaban J connectivity index is 1.58. The molecule has 2 aromatic carbocycles. The van der Waals surface area contributed by atoms with E-state index in [1.807, 2.05) is 23.1 Å². The molecule has 5 heteroatoms. The van der Waals surface area contributed by atoms with E-state index in [4.69, 9.17) is 4.74 Å². The molecule has 28 heavy (non-hydrogen) atoms. The van der Waals surface area contributed by atoms with E-state index in [0.717, 1.165) is 43.3 Å². The first-order chi connectivity index (χ1) is 13.5. The third-order valence-electron chi connectivity index (χ3n) is 5.40. The summed E-state index contributed by atoms with van der Waals surface area (Å²) in [4.78, 5) is 17.0. The van der Waals surface area contributed by atoms with Crippen LogP contribution < -0.4 is 15.0 Å². The number of hydrogen-bond acceptors (Lipinski definition) is 4. The molecule has 5 nitrogen and oxygen atoms in total. The Morgan fingerprint density at radius 1 is 1.07 bits per heavy atom. The Morgan fingerprint density at radius 3 is 2.46 bits per heavy atom. The molecule has 0 atom stereocenters. The summed E-state index contributed by atoms with van der Waals surface area (Å²) >= 11 is 0. The van der Waals surface area contributed by atoms with Gasteiger partial charge < -0.3 is 19.9 Å². The lowest BCUT2D eigenvalue weighted by Gasteiger charge is -2.36. The average Bonchev–Trinajstić information content (AvgIpc) is 2.72. The molecule has 0 radical (unpaired) electrons. The molecule has 2 aromatic rings. The second kappa shape index (κ2) is 9.00. The molecule has 150 valence electrons. The quantitative estimate of drug-likeness (QED) is 0.825. The first kappa shape index (κ1) is 20.1. The summed E-state index contributed by atoms with van der Waals surface area (Å²) in [6.07, 6.45) is 0. The van der Waals surface area contributed by atoms with Gasteiger partial charge in [0, 0.05) is 31.9 Å². The van der Waals surface area contributed by atoms with Crippen molar-refractivity contribution in [3.05, 3.63) is 53.6 Å². The Labute approximate surface area is 168 Å². The van der Waals surface area contributed by atoms with E-state index in [-0.39, 0.29) is 5.91 Å². The van der Waals surface area contributed by atoms with Crippen molar-refractivity contribution in [2.24, 2.45) is 0 Å². The van der Waals surface area contributed by atoms with Crippen molar-refractivity contribution in [2.45, 2.75) is 26.7 Å². The summed E-state index contributed by atoms with van der Waals surface area (Å²) < 4.78 is 5.47. The van der Waals surface area contributed by atoms with Gasteiger partial charge in [-0.2, -0.15) is 0 Å². The summed E-state index contributed by atoms with van der Waals surface area (Å²) in [7, 11) is 1.70. The maximum absolute atomic E-state index is 12.8. The zero-order valence-corrected chi connectivity index (χ0v) is 17.4. The number of hydrogen-bond donors (Lipinski definition) is 1. The summed E-state index contributed by atoms with van der Waals surface area (Å²) in [5.74, 6) is 1.45. The lowest BCUT2D eigenvalue weighted by molar-refractivity contribution is -0.129. The molecule has 0 unspecified atom stereocenters. The standard InChI is InChI=1S/C23H31N3O2/c1-17(2)19-9-7-8-18(3)23(19)24-16-22(27)26-14-12-25(13-15-26)20-10-5-6-11-21(20)28-4/h5-11,17,24H,12-16H2,1-4H3. The van der Waals surface area contributed by atoms with Crippen LogP contribution in [0, 0.1) is 6.92 Å². The molecule has 1 N–H and O–H groups in total. The molecule has 0 spiro atoms. The van der Waals surface area contributed by atoms with Crippen molar-refractivity contribution in [1.29, 1.82) is 0 Å².